The van der Waals surface area contributed by atoms with Gasteiger partial charge in [0.1, 0.15) is 11.6 Å². The molecule has 31 heavy (non-hydrogen) atoms. The molecule has 0 radical (unpaired) electrons. The van der Waals surface area contributed by atoms with Crippen LogP contribution in [0.1, 0.15) is 22.5 Å². The van der Waals surface area contributed by atoms with Crippen molar-refractivity contribution in [3.05, 3.63) is 83.4 Å². The van der Waals surface area contributed by atoms with E-state index in [2.05, 4.69) is 74.6 Å². The Morgan fingerprint density at radius 2 is 1.77 bits per heavy atom. The first-order valence-electron chi connectivity index (χ1n) is 10.3. The molecule has 7 heteroatoms. The van der Waals surface area contributed by atoms with E-state index in [1.807, 2.05) is 18.5 Å². The number of halogens is 1. The maximum Gasteiger partial charge on any atom is 0.191 e. The van der Waals surface area contributed by atoms with Gasteiger partial charge in [-0.3, -0.25) is 4.99 Å². The lowest BCUT2D eigenvalue weighted by Crippen LogP contribution is -2.39. The predicted molar refractivity (Wildman–Crippen MR) is 138 cm³/mol. The molecule has 0 amide bonds. The largest absolute Gasteiger partial charge is 0.496 e. The number of methoxy groups -OCH3 is 1. The van der Waals surface area contributed by atoms with Crippen LogP contribution in [0, 0.1) is 6.92 Å². The van der Waals surface area contributed by atoms with Gasteiger partial charge < -0.3 is 19.9 Å². The first-order chi connectivity index (χ1) is 14.7. The van der Waals surface area contributed by atoms with Crippen molar-refractivity contribution < 1.29 is 4.74 Å². The number of aromatic nitrogens is 2. The third-order valence-electron chi connectivity index (χ3n) is 5.04. The molecule has 0 bridgehead atoms. The summed E-state index contributed by atoms with van der Waals surface area (Å²) < 4.78 is 7.60. The molecule has 0 atom stereocenters. The van der Waals surface area contributed by atoms with Gasteiger partial charge in [-0.1, -0.05) is 42.5 Å². The van der Waals surface area contributed by atoms with Crippen molar-refractivity contribution >= 4 is 29.9 Å². The molecule has 3 rings (SSSR count). The second kappa shape index (κ2) is 13.0. The molecule has 6 nitrogen and oxygen atoms in total. The molecule has 2 N–H and O–H groups in total. The summed E-state index contributed by atoms with van der Waals surface area (Å²) in [6.45, 7) is 4.46. The van der Waals surface area contributed by atoms with E-state index in [-0.39, 0.29) is 24.0 Å². The number of hydrogen-bond donors (Lipinski definition) is 2. The van der Waals surface area contributed by atoms with Gasteiger partial charge in [-0.25, -0.2) is 4.98 Å². The van der Waals surface area contributed by atoms with Crippen molar-refractivity contribution in [3.63, 3.8) is 0 Å². The lowest BCUT2D eigenvalue weighted by atomic mass is 10.1. The van der Waals surface area contributed by atoms with Gasteiger partial charge in [-0.15, -0.1) is 24.0 Å². The van der Waals surface area contributed by atoms with Crippen LogP contribution in [0.5, 0.6) is 5.75 Å². The quantitative estimate of drug-likeness (QED) is 0.250. The number of hydrogen-bond acceptors (Lipinski definition) is 3. The van der Waals surface area contributed by atoms with E-state index in [1.54, 1.807) is 14.2 Å². The van der Waals surface area contributed by atoms with E-state index >= 15 is 0 Å². The Balaban J connectivity index is 0.00000341. The van der Waals surface area contributed by atoms with Crippen LogP contribution in [0.2, 0.25) is 0 Å². The fourth-order valence-electron chi connectivity index (χ4n) is 3.35. The first kappa shape index (κ1) is 24.7. The molecule has 1 aromatic heterocycles. The molecule has 166 valence electrons. The van der Waals surface area contributed by atoms with Crippen molar-refractivity contribution in [2.75, 3.05) is 27.2 Å². The zero-order valence-corrected chi connectivity index (χ0v) is 20.8. The Hall–Kier alpha value is -2.55. The second-order valence-electron chi connectivity index (χ2n) is 7.19. The van der Waals surface area contributed by atoms with E-state index in [4.69, 9.17) is 4.74 Å². The number of nitrogens with zero attached hydrogens (tertiary/aromatic N) is 3. The molecule has 0 saturated carbocycles. The van der Waals surface area contributed by atoms with Gasteiger partial charge in [-0.05, 0) is 36.1 Å². The number of aryl methyl sites for hydroxylation is 1. The number of imidazole rings is 1. The SMILES string of the molecule is CN=C(NCCc1ccc(C)c(OC)c1)NCCc1nccn1Cc1ccccc1.I. The molecule has 3 aromatic rings. The number of benzene rings is 2. The molecule has 2 aromatic carbocycles. The van der Waals surface area contributed by atoms with Crippen LogP contribution in [0.25, 0.3) is 0 Å². The highest BCUT2D eigenvalue weighted by molar-refractivity contribution is 14.0. The minimum atomic E-state index is 0. The summed E-state index contributed by atoms with van der Waals surface area (Å²) in [5.74, 6) is 2.80. The highest BCUT2D eigenvalue weighted by Gasteiger charge is 2.05. The molecule has 0 aliphatic rings. The van der Waals surface area contributed by atoms with E-state index in [0.717, 1.165) is 55.6 Å². The molecular weight excluding hydrogens is 501 g/mol. The molecule has 0 saturated heterocycles. The Morgan fingerprint density at radius 3 is 2.48 bits per heavy atom. The highest BCUT2D eigenvalue weighted by Crippen LogP contribution is 2.19. The number of rotatable bonds is 9. The van der Waals surface area contributed by atoms with E-state index in [9.17, 15) is 0 Å². The molecule has 0 spiro atoms. The zero-order valence-electron chi connectivity index (χ0n) is 18.5. The van der Waals surface area contributed by atoms with E-state index in [1.165, 1.54) is 11.1 Å². The number of aliphatic imine (C=N–C) groups is 1. The topological polar surface area (TPSA) is 63.5 Å². The van der Waals surface area contributed by atoms with Crippen molar-refractivity contribution in [1.82, 2.24) is 20.2 Å². The van der Waals surface area contributed by atoms with Crippen LogP contribution < -0.4 is 15.4 Å². The van der Waals surface area contributed by atoms with Gasteiger partial charge >= 0.3 is 0 Å². The molecule has 0 aliphatic carbocycles. The van der Waals surface area contributed by atoms with E-state index < -0.39 is 0 Å². The summed E-state index contributed by atoms with van der Waals surface area (Å²) in [6.07, 6.45) is 5.63. The second-order valence-corrected chi connectivity index (χ2v) is 7.19. The van der Waals surface area contributed by atoms with Crippen LogP contribution in [0.15, 0.2) is 65.9 Å². The van der Waals surface area contributed by atoms with Crippen LogP contribution in [0.3, 0.4) is 0 Å². The summed E-state index contributed by atoms with van der Waals surface area (Å²) in [6, 6.07) is 16.8. The minimum absolute atomic E-state index is 0. The molecule has 0 unspecified atom stereocenters. The van der Waals surface area contributed by atoms with Crippen LogP contribution in [-0.4, -0.2) is 42.8 Å². The van der Waals surface area contributed by atoms with Crippen molar-refractivity contribution in [1.29, 1.82) is 0 Å². The monoisotopic (exact) mass is 533 g/mol. The molecule has 0 aliphatic heterocycles. The lowest BCUT2D eigenvalue weighted by Gasteiger charge is -2.13. The minimum Gasteiger partial charge on any atom is -0.496 e. The van der Waals surface area contributed by atoms with Gasteiger partial charge in [-0.2, -0.15) is 0 Å². The van der Waals surface area contributed by atoms with E-state index in [0.29, 0.717) is 0 Å². The average Bonchev–Trinajstić information content (AvgIpc) is 3.21. The summed E-state index contributed by atoms with van der Waals surface area (Å²) >= 11 is 0. The van der Waals surface area contributed by atoms with Gasteiger partial charge in [0, 0.05) is 45.5 Å². The fourth-order valence-corrected chi connectivity index (χ4v) is 3.35. The van der Waals surface area contributed by atoms with Crippen LogP contribution in [0.4, 0.5) is 0 Å². The fraction of sp³-hybridized carbons (Fsp3) is 0.333. The van der Waals surface area contributed by atoms with Gasteiger partial charge in [0.2, 0.25) is 0 Å². The normalized spacial score (nSPS) is 11.0. The van der Waals surface area contributed by atoms with Gasteiger partial charge in [0.25, 0.3) is 0 Å². The third-order valence-corrected chi connectivity index (χ3v) is 5.04. The lowest BCUT2D eigenvalue weighted by molar-refractivity contribution is 0.411. The molecule has 0 fully saturated rings. The number of ether oxygens (including phenoxy) is 1. The van der Waals surface area contributed by atoms with Crippen molar-refractivity contribution in [2.45, 2.75) is 26.3 Å². The van der Waals surface area contributed by atoms with Gasteiger partial charge in [0.15, 0.2) is 5.96 Å². The first-order valence-corrected chi connectivity index (χ1v) is 10.3. The summed E-state index contributed by atoms with van der Waals surface area (Å²) in [5, 5.41) is 6.75. The third kappa shape index (κ3) is 7.57. The Kier molecular flexibility index (Phi) is 10.4. The highest BCUT2D eigenvalue weighted by atomic mass is 127. The number of guanidine groups is 1. The maximum absolute atomic E-state index is 5.41. The van der Waals surface area contributed by atoms with Crippen molar-refractivity contribution in [3.8, 4) is 5.75 Å². The summed E-state index contributed by atoms with van der Waals surface area (Å²) in [7, 11) is 3.50. The molecular formula is C24H32IN5O. The van der Waals surface area contributed by atoms with Crippen LogP contribution >= 0.6 is 24.0 Å². The Bertz CT molecular complexity index is 956. The molecule has 1 heterocycles. The smallest absolute Gasteiger partial charge is 0.191 e. The summed E-state index contributed by atoms with van der Waals surface area (Å²) in [4.78, 5) is 8.83. The van der Waals surface area contributed by atoms with Crippen LogP contribution in [-0.2, 0) is 19.4 Å². The zero-order chi connectivity index (χ0) is 21.2. The average molecular weight is 533 g/mol. The summed E-state index contributed by atoms with van der Waals surface area (Å²) in [5.41, 5.74) is 3.66. The predicted octanol–water partition coefficient (Wildman–Crippen LogP) is 3.82. The van der Waals surface area contributed by atoms with Gasteiger partial charge in [0.05, 0.1) is 7.11 Å². The Labute approximate surface area is 202 Å². The Morgan fingerprint density at radius 1 is 1.03 bits per heavy atom. The van der Waals surface area contributed by atoms with Crippen molar-refractivity contribution in [2.24, 2.45) is 4.99 Å². The maximum atomic E-state index is 5.41. The standard InChI is InChI=1S/C24H31N5O.HI/c1-19-9-10-20(17-22(19)30-3)11-13-27-24(25-2)28-14-12-23-26-15-16-29(23)18-21-7-5-4-6-8-21;/h4-10,15-17H,11-14,18H2,1-3H3,(H2,25,27,28);1H. The number of nitrogens with one attached hydrogen (secondary N) is 2.